The van der Waals surface area contributed by atoms with E-state index in [1.165, 1.54) is 11.0 Å². The number of likely N-dealkylation sites (tertiary alicyclic amines) is 1. The molecule has 140 valence electrons. The highest BCUT2D eigenvalue weighted by atomic mass is 35.5. The number of piperidine rings is 1. The van der Waals surface area contributed by atoms with Crippen molar-refractivity contribution in [2.75, 3.05) is 18.4 Å². The molecule has 0 unspecified atom stereocenters. The molecule has 26 heavy (non-hydrogen) atoms. The molecule has 1 saturated heterocycles. The average molecular weight is 399 g/mol. The van der Waals surface area contributed by atoms with Gasteiger partial charge < -0.3 is 10.2 Å². The van der Waals surface area contributed by atoms with E-state index in [2.05, 4.69) is 15.8 Å². The number of nitrogens with one attached hydrogen (secondary N) is 2. The monoisotopic (exact) mass is 398 g/mol. The Labute approximate surface area is 161 Å². The highest BCUT2D eigenvalue weighted by Gasteiger charge is 2.23. The second-order valence-electron chi connectivity index (χ2n) is 5.99. The summed E-state index contributed by atoms with van der Waals surface area (Å²) in [6.07, 6.45) is 2.82. The van der Waals surface area contributed by atoms with Crippen LogP contribution in [0, 0.1) is 0 Å². The first-order valence-corrected chi connectivity index (χ1v) is 8.99. The molecule has 9 heteroatoms. The molecule has 0 atom stereocenters. The van der Waals surface area contributed by atoms with Gasteiger partial charge in [-0.05, 0) is 44.4 Å². The summed E-state index contributed by atoms with van der Waals surface area (Å²) in [5.41, 5.74) is 3.07. The average Bonchev–Trinajstić information content (AvgIpc) is 2.62. The Kier molecular flexibility index (Phi) is 7.41. The number of hydrogen-bond donors (Lipinski definition) is 2. The van der Waals surface area contributed by atoms with Crippen LogP contribution in [0.5, 0.6) is 0 Å². The van der Waals surface area contributed by atoms with Gasteiger partial charge in [-0.25, -0.2) is 5.43 Å². The number of amides is 3. The second-order valence-corrected chi connectivity index (χ2v) is 6.81. The van der Waals surface area contributed by atoms with Gasteiger partial charge in [0, 0.05) is 24.5 Å². The highest BCUT2D eigenvalue weighted by Crippen LogP contribution is 2.25. The van der Waals surface area contributed by atoms with Gasteiger partial charge >= 0.3 is 11.8 Å². The Bertz CT molecular complexity index is 731. The maximum absolute atomic E-state index is 12.0. The molecule has 1 heterocycles. The van der Waals surface area contributed by atoms with E-state index >= 15 is 0 Å². The van der Waals surface area contributed by atoms with E-state index in [-0.39, 0.29) is 12.3 Å². The lowest BCUT2D eigenvalue weighted by molar-refractivity contribution is -0.146. The molecule has 0 aliphatic carbocycles. The number of carbonyl (C=O) groups is 3. The Morgan fingerprint density at radius 2 is 1.81 bits per heavy atom. The Hall–Kier alpha value is -2.12. The third kappa shape index (κ3) is 6.00. The van der Waals surface area contributed by atoms with Gasteiger partial charge in [0.05, 0.1) is 16.5 Å². The van der Waals surface area contributed by atoms with Crippen molar-refractivity contribution < 1.29 is 14.4 Å². The lowest BCUT2D eigenvalue weighted by Crippen LogP contribution is -2.44. The van der Waals surface area contributed by atoms with Crippen molar-refractivity contribution in [2.45, 2.75) is 32.6 Å². The number of nitrogens with zero attached hydrogens (tertiary/aromatic N) is 2. The summed E-state index contributed by atoms with van der Waals surface area (Å²) in [5, 5.41) is 7.19. The summed E-state index contributed by atoms with van der Waals surface area (Å²) >= 11 is 11.7. The topological polar surface area (TPSA) is 90.9 Å². The fourth-order valence-corrected chi connectivity index (χ4v) is 2.78. The first-order valence-electron chi connectivity index (χ1n) is 8.24. The van der Waals surface area contributed by atoms with Crippen LogP contribution in [0.2, 0.25) is 10.0 Å². The molecular formula is C17H20Cl2N4O3. The van der Waals surface area contributed by atoms with E-state index < -0.39 is 11.8 Å². The van der Waals surface area contributed by atoms with Gasteiger partial charge in [-0.3, -0.25) is 14.4 Å². The van der Waals surface area contributed by atoms with Crippen LogP contribution in [-0.4, -0.2) is 41.4 Å². The minimum atomic E-state index is -0.795. The number of rotatable bonds is 4. The van der Waals surface area contributed by atoms with E-state index in [4.69, 9.17) is 23.2 Å². The Morgan fingerprint density at radius 1 is 1.12 bits per heavy atom. The quantitative estimate of drug-likeness (QED) is 0.464. The first kappa shape index (κ1) is 20.2. The molecule has 0 bridgehead atoms. The molecule has 3 amide bonds. The minimum absolute atomic E-state index is 0.0432. The molecule has 2 N–H and O–H groups in total. The maximum atomic E-state index is 12.0. The van der Waals surface area contributed by atoms with Gasteiger partial charge in [0.15, 0.2) is 0 Å². The highest BCUT2D eigenvalue weighted by molar-refractivity contribution is 6.42. The van der Waals surface area contributed by atoms with Crippen LogP contribution < -0.4 is 10.7 Å². The lowest BCUT2D eigenvalue weighted by Gasteiger charge is -2.25. The van der Waals surface area contributed by atoms with Gasteiger partial charge in [-0.2, -0.15) is 5.10 Å². The van der Waals surface area contributed by atoms with Crippen molar-refractivity contribution in [1.29, 1.82) is 0 Å². The zero-order chi connectivity index (χ0) is 19.1. The predicted molar refractivity (Wildman–Crippen MR) is 101 cm³/mol. The molecule has 1 aromatic rings. The van der Waals surface area contributed by atoms with Crippen molar-refractivity contribution in [3.8, 4) is 0 Å². The Balaban J connectivity index is 1.82. The largest absolute Gasteiger partial charge is 0.334 e. The normalized spacial score (nSPS) is 14.7. The van der Waals surface area contributed by atoms with Crippen LogP contribution in [-0.2, 0) is 14.4 Å². The van der Waals surface area contributed by atoms with Gasteiger partial charge in [0.2, 0.25) is 5.91 Å². The van der Waals surface area contributed by atoms with E-state index in [0.29, 0.717) is 34.5 Å². The van der Waals surface area contributed by atoms with E-state index in [9.17, 15) is 14.4 Å². The number of hydrazone groups is 1. The molecule has 0 saturated carbocycles. The summed E-state index contributed by atoms with van der Waals surface area (Å²) in [6.45, 7) is 2.75. The number of halogens is 2. The standard InChI is InChI=1S/C17H20Cl2N4O3/c1-11(9-15(24)20-12-5-6-13(18)14(19)10-12)21-22-16(25)17(26)23-7-3-2-4-8-23/h5-6,10H,2-4,7-9H2,1H3,(H,20,24)(H,22,25)/b21-11-. The van der Waals surface area contributed by atoms with Crippen LogP contribution in [0.15, 0.2) is 23.3 Å². The number of carbonyl (C=O) groups excluding carboxylic acids is 3. The molecule has 0 aromatic heterocycles. The Morgan fingerprint density at radius 3 is 2.46 bits per heavy atom. The third-order valence-electron chi connectivity index (χ3n) is 3.81. The third-order valence-corrected chi connectivity index (χ3v) is 4.54. The molecule has 1 fully saturated rings. The van der Waals surface area contributed by atoms with Crippen molar-refractivity contribution in [3.05, 3.63) is 28.2 Å². The van der Waals surface area contributed by atoms with Gasteiger partial charge in [0.25, 0.3) is 0 Å². The lowest BCUT2D eigenvalue weighted by atomic mass is 10.1. The van der Waals surface area contributed by atoms with E-state index in [1.807, 2.05) is 0 Å². The molecule has 0 radical (unpaired) electrons. The van der Waals surface area contributed by atoms with E-state index in [1.54, 1.807) is 19.1 Å². The van der Waals surface area contributed by atoms with E-state index in [0.717, 1.165) is 19.3 Å². The summed E-state index contributed by atoms with van der Waals surface area (Å²) in [4.78, 5) is 37.3. The van der Waals surface area contributed by atoms with Gasteiger partial charge in [-0.1, -0.05) is 23.2 Å². The van der Waals surface area contributed by atoms with Gasteiger partial charge in [-0.15, -0.1) is 0 Å². The van der Waals surface area contributed by atoms with Crippen molar-refractivity contribution in [2.24, 2.45) is 5.10 Å². The van der Waals surface area contributed by atoms with Crippen molar-refractivity contribution in [1.82, 2.24) is 10.3 Å². The molecule has 1 aliphatic rings. The zero-order valence-electron chi connectivity index (χ0n) is 14.3. The molecule has 1 aliphatic heterocycles. The minimum Gasteiger partial charge on any atom is -0.334 e. The summed E-state index contributed by atoms with van der Waals surface area (Å²) in [5.74, 6) is -1.72. The van der Waals surface area contributed by atoms with Crippen LogP contribution in [0.1, 0.15) is 32.6 Å². The van der Waals surface area contributed by atoms with Crippen LogP contribution >= 0.6 is 23.2 Å². The predicted octanol–water partition coefficient (Wildman–Crippen LogP) is 2.83. The summed E-state index contributed by atoms with van der Waals surface area (Å²) in [7, 11) is 0. The number of benzene rings is 1. The second kappa shape index (κ2) is 9.54. The fourth-order valence-electron chi connectivity index (χ4n) is 2.49. The fraction of sp³-hybridized carbons (Fsp3) is 0.412. The molecule has 1 aromatic carbocycles. The van der Waals surface area contributed by atoms with Crippen molar-refractivity contribution >= 4 is 52.3 Å². The van der Waals surface area contributed by atoms with Crippen LogP contribution in [0.3, 0.4) is 0 Å². The SMILES string of the molecule is C/C(CC(=O)Nc1ccc(Cl)c(Cl)c1)=N/NC(=O)C(=O)N1CCCCC1. The van der Waals surface area contributed by atoms with Gasteiger partial charge in [0.1, 0.15) is 0 Å². The number of anilines is 1. The van der Waals surface area contributed by atoms with Crippen molar-refractivity contribution in [3.63, 3.8) is 0 Å². The molecular weight excluding hydrogens is 379 g/mol. The summed E-state index contributed by atoms with van der Waals surface area (Å²) in [6, 6.07) is 4.73. The summed E-state index contributed by atoms with van der Waals surface area (Å²) < 4.78 is 0. The smallest absolute Gasteiger partial charge is 0.329 e. The van der Waals surface area contributed by atoms with Crippen LogP contribution in [0.25, 0.3) is 0 Å². The zero-order valence-corrected chi connectivity index (χ0v) is 15.9. The number of hydrogen-bond acceptors (Lipinski definition) is 4. The molecule has 0 spiro atoms. The van der Waals surface area contributed by atoms with Crippen LogP contribution in [0.4, 0.5) is 5.69 Å². The maximum Gasteiger partial charge on any atom is 0.329 e. The molecule has 7 nitrogen and oxygen atoms in total. The molecule has 2 rings (SSSR count). The first-order chi connectivity index (χ1) is 12.4.